The van der Waals surface area contributed by atoms with Crippen molar-refractivity contribution in [3.8, 4) is 0 Å². The molecule has 1 heterocycles. The molecule has 0 aromatic heterocycles. The molecule has 1 fully saturated rings. The van der Waals surface area contributed by atoms with Crippen LogP contribution in [0.3, 0.4) is 0 Å². The molecule has 98 valence electrons. The van der Waals surface area contributed by atoms with Crippen molar-refractivity contribution in [2.75, 3.05) is 39.3 Å². The van der Waals surface area contributed by atoms with Gasteiger partial charge in [0.1, 0.15) is 0 Å². The first-order chi connectivity index (χ1) is 6.83. The summed E-state index contributed by atoms with van der Waals surface area (Å²) in [7, 11) is 0. The Hall–Kier alpha value is -0.0300. The van der Waals surface area contributed by atoms with Crippen LogP contribution in [-0.2, 0) is 4.79 Å². The summed E-state index contributed by atoms with van der Waals surface area (Å²) in [6.45, 7) is 7.49. The van der Waals surface area contributed by atoms with Crippen LogP contribution in [0.1, 0.15) is 19.8 Å². The topological polar surface area (TPSA) is 44.4 Å². The normalized spacial score (nSPS) is 15.8. The Morgan fingerprint density at radius 1 is 1.31 bits per heavy atom. The minimum atomic E-state index is 0. The maximum atomic E-state index is 11.4. The molecular weight excluding hydrogens is 249 g/mol. The van der Waals surface area contributed by atoms with E-state index in [-0.39, 0.29) is 30.7 Å². The Morgan fingerprint density at radius 2 is 1.94 bits per heavy atom. The maximum absolute atomic E-state index is 11.4. The lowest BCUT2D eigenvalue weighted by Gasteiger charge is -2.26. The van der Waals surface area contributed by atoms with E-state index in [2.05, 4.69) is 22.5 Å². The minimum absolute atomic E-state index is 0. The molecule has 0 unspecified atom stereocenters. The van der Waals surface area contributed by atoms with Gasteiger partial charge in [0.15, 0.2) is 0 Å². The predicted octanol–water partition coefficient (Wildman–Crippen LogP) is 0.652. The fourth-order valence-electron chi connectivity index (χ4n) is 1.53. The Kier molecular flexibility index (Phi) is 13.1. The minimum Gasteiger partial charge on any atom is -0.355 e. The molecule has 16 heavy (non-hydrogen) atoms. The summed E-state index contributed by atoms with van der Waals surface area (Å²) in [5.41, 5.74) is 0. The molecule has 1 rings (SSSR count). The average molecular weight is 272 g/mol. The van der Waals surface area contributed by atoms with Gasteiger partial charge in [-0.15, -0.1) is 24.8 Å². The number of amides is 1. The molecular formula is C10H23Cl2N3O. The molecule has 1 amide bonds. The van der Waals surface area contributed by atoms with Crippen LogP contribution in [0.5, 0.6) is 0 Å². The number of unbranched alkanes of at least 4 members (excludes halogenated alkanes) is 1. The SMILES string of the molecule is CCCCNC(=O)CN1CCNCC1.Cl.Cl. The van der Waals surface area contributed by atoms with E-state index in [4.69, 9.17) is 0 Å². The van der Waals surface area contributed by atoms with Crippen LogP contribution in [0.2, 0.25) is 0 Å². The van der Waals surface area contributed by atoms with Gasteiger partial charge in [-0.05, 0) is 6.42 Å². The van der Waals surface area contributed by atoms with E-state index in [0.29, 0.717) is 6.54 Å². The van der Waals surface area contributed by atoms with Crippen molar-refractivity contribution in [3.63, 3.8) is 0 Å². The number of carbonyl (C=O) groups excluding carboxylic acids is 1. The summed E-state index contributed by atoms with van der Waals surface area (Å²) in [4.78, 5) is 13.6. The van der Waals surface area contributed by atoms with Crippen LogP contribution in [0.4, 0.5) is 0 Å². The number of halogens is 2. The Morgan fingerprint density at radius 3 is 2.50 bits per heavy atom. The van der Waals surface area contributed by atoms with Gasteiger partial charge in [0.2, 0.25) is 5.91 Å². The molecule has 0 saturated carbocycles. The van der Waals surface area contributed by atoms with Crippen LogP contribution in [0.15, 0.2) is 0 Å². The number of rotatable bonds is 5. The summed E-state index contributed by atoms with van der Waals surface area (Å²) >= 11 is 0. The highest BCUT2D eigenvalue weighted by Gasteiger charge is 2.12. The lowest BCUT2D eigenvalue weighted by atomic mass is 10.3. The summed E-state index contributed by atoms with van der Waals surface area (Å²) in [6.07, 6.45) is 2.21. The molecule has 0 spiro atoms. The largest absolute Gasteiger partial charge is 0.355 e. The molecule has 4 nitrogen and oxygen atoms in total. The Balaban J connectivity index is 0. The fourth-order valence-corrected chi connectivity index (χ4v) is 1.53. The van der Waals surface area contributed by atoms with Gasteiger partial charge in [0.05, 0.1) is 6.54 Å². The van der Waals surface area contributed by atoms with Crippen molar-refractivity contribution >= 4 is 30.7 Å². The van der Waals surface area contributed by atoms with Gasteiger partial charge in [-0.1, -0.05) is 13.3 Å². The third-order valence-corrected chi connectivity index (χ3v) is 2.43. The highest BCUT2D eigenvalue weighted by Crippen LogP contribution is 1.91. The molecule has 0 radical (unpaired) electrons. The summed E-state index contributed by atoms with van der Waals surface area (Å²) < 4.78 is 0. The van der Waals surface area contributed by atoms with Crippen molar-refractivity contribution in [2.24, 2.45) is 0 Å². The van der Waals surface area contributed by atoms with E-state index in [1.807, 2.05) is 0 Å². The first kappa shape index (κ1) is 18.3. The second-order valence-corrected chi connectivity index (χ2v) is 3.73. The molecule has 1 saturated heterocycles. The molecule has 1 aliphatic heterocycles. The predicted molar refractivity (Wildman–Crippen MR) is 71.7 cm³/mol. The smallest absolute Gasteiger partial charge is 0.234 e. The van der Waals surface area contributed by atoms with E-state index in [1.165, 1.54) is 0 Å². The van der Waals surface area contributed by atoms with Gasteiger partial charge < -0.3 is 10.6 Å². The Labute approximate surface area is 110 Å². The number of nitrogens with one attached hydrogen (secondary N) is 2. The zero-order valence-electron chi connectivity index (χ0n) is 9.83. The molecule has 0 aromatic rings. The standard InChI is InChI=1S/C10H21N3O.2ClH/c1-2-3-4-12-10(14)9-13-7-5-11-6-8-13;;/h11H,2-9H2,1H3,(H,12,14);2*1H. The number of hydrogen-bond donors (Lipinski definition) is 2. The first-order valence-corrected chi connectivity index (χ1v) is 5.52. The highest BCUT2D eigenvalue weighted by atomic mass is 35.5. The van der Waals surface area contributed by atoms with Gasteiger partial charge in [-0.25, -0.2) is 0 Å². The van der Waals surface area contributed by atoms with Crippen LogP contribution in [-0.4, -0.2) is 50.1 Å². The molecule has 2 N–H and O–H groups in total. The van der Waals surface area contributed by atoms with Gasteiger partial charge in [-0.2, -0.15) is 0 Å². The first-order valence-electron chi connectivity index (χ1n) is 5.52. The number of piperazine rings is 1. The van der Waals surface area contributed by atoms with Crippen molar-refractivity contribution < 1.29 is 4.79 Å². The van der Waals surface area contributed by atoms with Gasteiger partial charge in [0, 0.05) is 32.7 Å². The second kappa shape index (κ2) is 11.5. The van der Waals surface area contributed by atoms with Crippen molar-refractivity contribution in [2.45, 2.75) is 19.8 Å². The van der Waals surface area contributed by atoms with Gasteiger partial charge >= 0.3 is 0 Å². The molecule has 0 bridgehead atoms. The van der Waals surface area contributed by atoms with Crippen LogP contribution in [0, 0.1) is 0 Å². The quantitative estimate of drug-likeness (QED) is 0.722. The van der Waals surface area contributed by atoms with Gasteiger partial charge in [-0.3, -0.25) is 9.69 Å². The number of nitrogens with zero attached hydrogens (tertiary/aromatic N) is 1. The van der Waals surface area contributed by atoms with Crippen molar-refractivity contribution in [3.05, 3.63) is 0 Å². The summed E-state index contributed by atoms with van der Waals surface area (Å²) in [5, 5.41) is 6.20. The lowest BCUT2D eigenvalue weighted by molar-refractivity contribution is -0.122. The van der Waals surface area contributed by atoms with E-state index in [0.717, 1.165) is 45.6 Å². The molecule has 0 aliphatic carbocycles. The van der Waals surface area contributed by atoms with Crippen LogP contribution < -0.4 is 10.6 Å². The number of carbonyl (C=O) groups is 1. The third kappa shape index (κ3) is 8.16. The highest BCUT2D eigenvalue weighted by molar-refractivity contribution is 5.85. The van der Waals surface area contributed by atoms with Crippen LogP contribution >= 0.6 is 24.8 Å². The summed E-state index contributed by atoms with van der Waals surface area (Å²) in [5.74, 6) is 0.167. The van der Waals surface area contributed by atoms with Crippen molar-refractivity contribution in [1.82, 2.24) is 15.5 Å². The van der Waals surface area contributed by atoms with Crippen LogP contribution in [0.25, 0.3) is 0 Å². The van der Waals surface area contributed by atoms with Gasteiger partial charge in [0.25, 0.3) is 0 Å². The second-order valence-electron chi connectivity index (χ2n) is 3.73. The Bertz CT molecular complexity index is 175. The zero-order valence-corrected chi connectivity index (χ0v) is 11.5. The third-order valence-electron chi connectivity index (χ3n) is 2.43. The molecule has 0 aromatic carbocycles. The monoisotopic (exact) mass is 271 g/mol. The van der Waals surface area contributed by atoms with E-state index >= 15 is 0 Å². The van der Waals surface area contributed by atoms with Crippen molar-refractivity contribution in [1.29, 1.82) is 0 Å². The van der Waals surface area contributed by atoms with E-state index in [9.17, 15) is 4.79 Å². The molecule has 6 heteroatoms. The summed E-state index contributed by atoms with van der Waals surface area (Å²) in [6, 6.07) is 0. The lowest BCUT2D eigenvalue weighted by Crippen LogP contribution is -2.47. The number of hydrogen-bond acceptors (Lipinski definition) is 3. The molecule has 0 atom stereocenters. The van der Waals surface area contributed by atoms with E-state index < -0.39 is 0 Å². The molecule has 1 aliphatic rings. The zero-order chi connectivity index (χ0) is 10.2. The fraction of sp³-hybridized carbons (Fsp3) is 0.900. The average Bonchev–Trinajstić information content (AvgIpc) is 2.20. The van der Waals surface area contributed by atoms with E-state index in [1.54, 1.807) is 0 Å². The maximum Gasteiger partial charge on any atom is 0.234 e.